The molecule has 0 unspecified atom stereocenters. The van der Waals surface area contributed by atoms with Gasteiger partial charge in [0.05, 0.1) is 6.61 Å². The molecule has 0 bridgehead atoms. The first-order valence-corrected chi connectivity index (χ1v) is 13.9. The highest BCUT2D eigenvalue weighted by Crippen LogP contribution is 2.37. The Morgan fingerprint density at radius 2 is 2.11 bits per heavy atom. The van der Waals surface area contributed by atoms with Crippen molar-refractivity contribution >= 4 is 15.6 Å². The number of benzene rings is 1. The molecule has 0 amide bonds. The van der Waals surface area contributed by atoms with Crippen LogP contribution in [0.25, 0.3) is 5.57 Å². The molecule has 8 heteroatoms. The third-order valence-corrected chi connectivity index (χ3v) is 9.02. The number of fused-ring (bicyclic) bond motifs is 1. The van der Waals surface area contributed by atoms with Crippen molar-refractivity contribution in [1.29, 1.82) is 0 Å². The lowest BCUT2D eigenvalue weighted by Gasteiger charge is -2.37. The number of ether oxygens (including phenoxy) is 1. The maximum absolute atomic E-state index is 13.7. The van der Waals surface area contributed by atoms with Gasteiger partial charge in [-0.25, -0.2) is 8.42 Å². The van der Waals surface area contributed by atoms with Crippen LogP contribution in [0.3, 0.4) is 0 Å². The summed E-state index contributed by atoms with van der Waals surface area (Å²) in [6, 6.07) is 8.92. The van der Waals surface area contributed by atoms with Gasteiger partial charge in [0.25, 0.3) is 0 Å². The van der Waals surface area contributed by atoms with Crippen LogP contribution in [0, 0.1) is 5.92 Å². The smallest absolute Gasteiger partial charge is 0.247 e. The molecule has 0 radical (unpaired) electrons. The van der Waals surface area contributed by atoms with Crippen LogP contribution < -0.4 is 4.74 Å². The summed E-state index contributed by atoms with van der Waals surface area (Å²) in [5.74, 6) is 0.316. The highest BCUT2D eigenvalue weighted by atomic mass is 32.2. The summed E-state index contributed by atoms with van der Waals surface area (Å²) in [6.07, 6.45) is 10.0. The first-order chi connectivity index (χ1) is 16.8. The van der Waals surface area contributed by atoms with Crippen molar-refractivity contribution < 1.29 is 18.3 Å². The van der Waals surface area contributed by atoms with Gasteiger partial charge < -0.3 is 9.84 Å². The van der Waals surface area contributed by atoms with Crippen LogP contribution in [0.5, 0.6) is 5.75 Å². The molecule has 0 saturated carbocycles. The molecule has 1 aliphatic heterocycles. The number of sulfonamides is 1. The van der Waals surface area contributed by atoms with Gasteiger partial charge >= 0.3 is 0 Å². The topological polar surface area (TPSA) is 83.0 Å². The van der Waals surface area contributed by atoms with Gasteiger partial charge in [0, 0.05) is 44.0 Å². The van der Waals surface area contributed by atoms with E-state index < -0.39 is 16.1 Å². The number of pyridine rings is 1. The molecule has 1 N–H and O–H groups in total. The summed E-state index contributed by atoms with van der Waals surface area (Å²) in [5.41, 5.74) is 3.38. The minimum atomic E-state index is -3.83. The Morgan fingerprint density at radius 3 is 2.80 bits per heavy atom. The van der Waals surface area contributed by atoms with Crippen molar-refractivity contribution in [2.45, 2.75) is 63.1 Å². The van der Waals surface area contributed by atoms with Crippen LogP contribution in [0.15, 0.2) is 53.7 Å². The highest BCUT2D eigenvalue weighted by Gasteiger charge is 2.38. The van der Waals surface area contributed by atoms with Crippen LogP contribution >= 0.6 is 0 Å². The number of allylic oxidation sites excluding steroid dienone is 2. The highest BCUT2D eigenvalue weighted by molar-refractivity contribution is 7.89. The number of aromatic nitrogens is 1. The number of hydrogen-bond donors (Lipinski definition) is 1. The fraction of sp³-hybridized carbons (Fsp3) is 0.519. The molecule has 7 nitrogen and oxygen atoms in total. The molecule has 35 heavy (non-hydrogen) atoms. The standard InChI is InChI=1S/C27H37N3O4S/c1-20-16-30(21(2)19-31)35(32,33)27-12-11-24(23-9-5-4-6-10-23)14-25(27)34-26(20)18-29(3)17-22-8-7-13-28-15-22/h7-9,11-15,20-21,26,31H,4-6,10,16-19H2,1-3H3/t20-,21-,26+/m1/s1. The van der Waals surface area contributed by atoms with Gasteiger partial charge in [-0.15, -0.1) is 0 Å². The van der Waals surface area contributed by atoms with Crippen LogP contribution in [-0.4, -0.2) is 66.6 Å². The Balaban J connectivity index is 1.69. The van der Waals surface area contributed by atoms with Crippen LogP contribution in [0.4, 0.5) is 0 Å². The van der Waals surface area contributed by atoms with Crippen molar-refractivity contribution in [1.82, 2.24) is 14.2 Å². The van der Waals surface area contributed by atoms with E-state index in [-0.39, 0.29) is 30.1 Å². The van der Waals surface area contributed by atoms with Gasteiger partial charge in [0.1, 0.15) is 16.7 Å². The lowest BCUT2D eigenvalue weighted by Crippen LogP contribution is -2.49. The van der Waals surface area contributed by atoms with Crippen molar-refractivity contribution in [2.24, 2.45) is 5.92 Å². The van der Waals surface area contributed by atoms with Crippen LogP contribution in [0.2, 0.25) is 0 Å². The third-order valence-electron chi connectivity index (χ3n) is 7.00. The zero-order valence-corrected chi connectivity index (χ0v) is 21.7. The molecule has 190 valence electrons. The van der Waals surface area contributed by atoms with Crippen molar-refractivity contribution in [3.8, 4) is 5.75 Å². The molecule has 4 rings (SSSR count). The van der Waals surface area contributed by atoms with Gasteiger partial charge in [0.2, 0.25) is 10.0 Å². The minimum absolute atomic E-state index is 0.0826. The molecule has 0 fully saturated rings. The predicted octanol–water partition coefficient (Wildman–Crippen LogP) is 3.94. The van der Waals surface area contributed by atoms with Gasteiger partial charge in [0.15, 0.2) is 0 Å². The fourth-order valence-electron chi connectivity index (χ4n) is 4.92. The maximum atomic E-state index is 13.7. The Kier molecular flexibility index (Phi) is 8.27. The molecule has 0 saturated heterocycles. The number of likely N-dealkylation sites (N-methyl/N-ethyl adjacent to an activating group) is 1. The van der Waals surface area contributed by atoms with Crippen molar-refractivity contribution in [2.75, 3.05) is 26.7 Å². The Hall–Kier alpha value is -2.26. The summed E-state index contributed by atoms with van der Waals surface area (Å²) >= 11 is 0. The largest absolute Gasteiger partial charge is 0.487 e. The van der Waals surface area contributed by atoms with Crippen LogP contribution in [-0.2, 0) is 16.6 Å². The molecule has 1 aromatic heterocycles. The van der Waals surface area contributed by atoms with E-state index in [0.29, 0.717) is 12.3 Å². The molecule has 2 aromatic rings. The Labute approximate surface area is 209 Å². The van der Waals surface area contributed by atoms with E-state index in [1.165, 1.54) is 16.3 Å². The first-order valence-electron chi connectivity index (χ1n) is 12.5. The first kappa shape index (κ1) is 25.8. The number of aliphatic hydroxyl groups is 1. The van der Waals surface area contributed by atoms with E-state index in [0.717, 1.165) is 36.9 Å². The molecule has 2 heterocycles. The number of hydrogen-bond acceptors (Lipinski definition) is 6. The predicted molar refractivity (Wildman–Crippen MR) is 137 cm³/mol. The van der Waals surface area contributed by atoms with Gasteiger partial charge in [-0.2, -0.15) is 4.31 Å². The SMILES string of the molecule is C[C@@H]1CN([C@H](C)CO)S(=O)(=O)c2ccc(C3=CCCCC3)cc2O[C@H]1CN(C)Cc1cccnc1. The van der Waals surface area contributed by atoms with Crippen LogP contribution in [0.1, 0.15) is 50.7 Å². The van der Waals surface area contributed by atoms with Crippen molar-refractivity contribution in [3.63, 3.8) is 0 Å². The summed E-state index contributed by atoms with van der Waals surface area (Å²) in [4.78, 5) is 6.56. The van der Waals surface area contributed by atoms with E-state index in [1.54, 1.807) is 19.2 Å². The van der Waals surface area contributed by atoms with E-state index >= 15 is 0 Å². The number of nitrogens with zero attached hydrogens (tertiary/aromatic N) is 3. The van der Waals surface area contributed by atoms with E-state index in [2.05, 4.69) is 16.0 Å². The molecule has 3 atom stereocenters. The van der Waals surface area contributed by atoms with Crippen molar-refractivity contribution in [3.05, 3.63) is 59.9 Å². The molecule has 0 spiro atoms. The zero-order chi connectivity index (χ0) is 25.0. The summed E-state index contributed by atoms with van der Waals surface area (Å²) in [6.45, 7) is 5.16. The van der Waals surface area contributed by atoms with Gasteiger partial charge in [-0.3, -0.25) is 9.88 Å². The average molecular weight is 500 g/mol. The normalized spacial score (nSPS) is 23.5. The van der Waals surface area contributed by atoms with E-state index in [9.17, 15) is 13.5 Å². The Morgan fingerprint density at radius 1 is 1.29 bits per heavy atom. The zero-order valence-electron chi connectivity index (χ0n) is 20.9. The molecule has 2 aliphatic rings. The summed E-state index contributed by atoms with van der Waals surface area (Å²) < 4.78 is 35.3. The average Bonchev–Trinajstić information content (AvgIpc) is 2.86. The molecule has 1 aromatic carbocycles. The monoisotopic (exact) mass is 499 g/mol. The lowest BCUT2D eigenvalue weighted by molar-refractivity contribution is 0.0733. The number of aliphatic hydroxyl groups excluding tert-OH is 1. The third kappa shape index (κ3) is 5.94. The second kappa shape index (κ2) is 11.2. The minimum Gasteiger partial charge on any atom is -0.487 e. The summed E-state index contributed by atoms with van der Waals surface area (Å²) in [7, 11) is -1.79. The van der Waals surface area contributed by atoms with Gasteiger partial charge in [-0.05, 0) is 74.6 Å². The molecule has 1 aliphatic carbocycles. The van der Waals surface area contributed by atoms with Gasteiger partial charge in [-0.1, -0.05) is 25.1 Å². The van der Waals surface area contributed by atoms with E-state index in [1.807, 2.05) is 44.4 Å². The fourth-order valence-corrected chi connectivity index (χ4v) is 6.74. The maximum Gasteiger partial charge on any atom is 0.247 e. The quantitative estimate of drug-likeness (QED) is 0.621. The summed E-state index contributed by atoms with van der Waals surface area (Å²) in [5, 5.41) is 9.85. The van der Waals surface area contributed by atoms with E-state index in [4.69, 9.17) is 4.74 Å². The molecular formula is C27H37N3O4S. The second-order valence-corrected chi connectivity index (χ2v) is 11.8. The lowest BCUT2D eigenvalue weighted by atomic mass is 9.93. The second-order valence-electron chi connectivity index (χ2n) is 9.93. The number of rotatable bonds is 7. The molecular weight excluding hydrogens is 462 g/mol. The Bertz CT molecular complexity index is 1140.